The van der Waals surface area contributed by atoms with Crippen molar-refractivity contribution < 1.29 is 17.6 Å². The molecule has 1 amide bonds. The van der Waals surface area contributed by atoms with Gasteiger partial charge in [0.15, 0.2) is 5.58 Å². The van der Waals surface area contributed by atoms with E-state index >= 15 is 0 Å². The summed E-state index contributed by atoms with van der Waals surface area (Å²) in [6.45, 7) is 1.99. The van der Waals surface area contributed by atoms with E-state index in [1.54, 1.807) is 25.1 Å². The monoisotopic (exact) mass is 357 g/mol. The number of aromatic nitrogens is 1. The molecule has 25 heavy (non-hydrogen) atoms. The average Bonchev–Trinajstić information content (AvgIpc) is 3.13. The molecule has 1 unspecified atom stereocenters. The molecule has 1 aromatic heterocycles. The molecule has 2 aromatic carbocycles. The summed E-state index contributed by atoms with van der Waals surface area (Å²) in [5, 5.41) is 2.75. The van der Waals surface area contributed by atoms with Gasteiger partial charge in [-0.1, -0.05) is 19.1 Å². The highest BCUT2D eigenvalue weighted by Gasteiger charge is 2.36. The number of carbonyl (C=O) groups excluding carboxylic acids is 1. The molecular formula is C17H15N3O4S. The quantitative estimate of drug-likeness (QED) is 0.745. The van der Waals surface area contributed by atoms with Gasteiger partial charge in [-0.25, -0.2) is 18.1 Å². The Morgan fingerprint density at radius 1 is 1.24 bits per heavy atom. The van der Waals surface area contributed by atoms with Crippen LogP contribution in [0.5, 0.6) is 0 Å². The SMILES string of the molecule is CCNS(=O)(=O)c1ccc2c(c1)C(c1nc3ccccc3o1)C(=O)N2. The number of sulfonamides is 1. The Labute approximate surface area is 144 Å². The molecule has 1 atom stereocenters. The van der Waals surface area contributed by atoms with Crippen molar-refractivity contribution in [2.75, 3.05) is 11.9 Å². The Balaban J connectivity index is 1.83. The van der Waals surface area contributed by atoms with Crippen LogP contribution in [-0.4, -0.2) is 25.9 Å². The predicted molar refractivity (Wildman–Crippen MR) is 91.8 cm³/mol. The van der Waals surface area contributed by atoms with E-state index in [0.717, 1.165) is 0 Å². The van der Waals surface area contributed by atoms with E-state index in [1.165, 1.54) is 12.1 Å². The van der Waals surface area contributed by atoms with Crippen LogP contribution in [0.15, 0.2) is 51.8 Å². The van der Waals surface area contributed by atoms with E-state index in [0.29, 0.717) is 22.4 Å². The number of benzene rings is 2. The Hall–Kier alpha value is -2.71. The van der Waals surface area contributed by atoms with E-state index in [1.807, 2.05) is 12.1 Å². The molecule has 1 aliphatic heterocycles. The highest BCUT2D eigenvalue weighted by atomic mass is 32.2. The first-order valence-corrected chi connectivity index (χ1v) is 9.28. The molecule has 2 heterocycles. The smallest absolute Gasteiger partial charge is 0.241 e. The second-order valence-electron chi connectivity index (χ2n) is 5.69. The Kier molecular flexibility index (Phi) is 3.59. The number of nitrogens with one attached hydrogen (secondary N) is 2. The fraction of sp³-hybridized carbons (Fsp3) is 0.176. The van der Waals surface area contributed by atoms with E-state index in [9.17, 15) is 13.2 Å². The van der Waals surface area contributed by atoms with E-state index in [4.69, 9.17) is 4.42 Å². The van der Waals surface area contributed by atoms with Gasteiger partial charge in [0.05, 0.1) is 4.90 Å². The number of hydrogen-bond donors (Lipinski definition) is 2. The van der Waals surface area contributed by atoms with Crippen LogP contribution in [0.4, 0.5) is 5.69 Å². The van der Waals surface area contributed by atoms with Crippen LogP contribution in [0.25, 0.3) is 11.1 Å². The van der Waals surface area contributed by atoms with Crippen LogP contribution in [0, 0.1) is 0 Å². The molecule has 0 spiro atoms. The standard InChI is InChI=1S/C17H15N3O4S/c1-2-18-25(22,23)10-7-8-12-11(9-10)15(16(21)19-12)17-20-13-5-3-4-6-14(13)24-17/h3-9,15,18H,2H2,1H3,(H,19,21). The molecule has 7 nitrogen and oxygen atoms in total. The fourth-order valence-electron chi connectivity index (χ4n) is 2.94. The van der Waals surface area contributed by atoms with Crippen LogP contribution in [-0.2, 0) is 14.8 Å². The Bertz CT molecular complexity index is 1060. The number of para-hydroxylation sites is 2. The number of oxazole rings is 1. The number of rotatable bonds is 4. The summed E-state index contributed by atoms with van der Waals surface area (Å²) in [5.74, 6) is -0.825. The molecule has 4 rings (SSSR count). The van der Waals surface area contributed by atoms with Crippen molar-refractivity contribution >= 4 is 32.7 Å². The highest BCUT2D eigenvalue weighted by Crippen LogP contribution is 2.38. The minimum atomic E-state index is -3.62. The average molecular weight is 357 g/mol. The van der Waals surface area contributed by atoms with Crippen molar-refractivity contribution in [3.63, 3.8) is 0 Å². The van der Waals surface area contributed by atoms with Crippen LogP contribution >= 0.6 is 0 Å². The molecule has 0 fully saturated rings. The first-order valence-electron chi connectivity index (χ1n) is 7.79. The van der Waals surface area contributed by atoms with E-state index in [2.05, 4.69) is 15.0 Å². The minimum Gasteiger partial charge on any atom is -0.439 e. The van der Waals surface area contributed by atoms with Gasteiger partial charge in [0.25, 0.3) is 0 Å². The maximum absolute atomic E-state index is 12.4. The number of carbonyl (C=O) groups is 1. The lowest BCUT2D eigenvalue weighted by Gasteiger charge is -2.08. The lowest BCUT2D eigenvalue weighted by atomic mass is 10.0. The largest absolute Gasteiger partial charge is 0.439 e. The molecule has 0 saturated heterocycles. The lowest BCUT2D eigenvalue weighted by Crippen LogP contribution is -2.23. The van der Waals surface area contributed by atoms with Crippen molar-refractivity contribution in [1.29, 1.82) is 0 Å². The number of fused-ring (bicyclic) bond motifs is 2. The summed E-state index contributed by atoms with van der Waals surface area (Å²) >= 11 is 0. The number of amides is 1. The molecule has 1 aliphatic rings. The summed E-state index contributed by atoms with van der Waals surface area (Å²) in [7, 11) is -3.62. The summed E-state index contributed by atoms with van der Waals surface area (Å²) < 4.78 is 32.6. The Morgan fingerprint density at radius 3 is 2.80 bits per heavy atom. The molecule has 128 valence electrons. The zero-order chi connectivity index (χ0) is 17.6. The van der Waals surface area contributed by atoms with Crippen molar-refractivity contribution in [3.05, 3.63) is 53.9 Å². The molecule has 3 aromatic rings. The van der Waals surface area contributed by atoms with Crippen molar-refractivity contribution in [3.8, 4) is 0 Å². The van der Waals surface area contributed by atoms with Crippen molar-refractivity contribution in [2.24, 2.45) is 0 Å². The second kappa shape index (κ2) is 5.68. The fourth-order valence-corrected chi connectivity index (χ4v) is 4.01. The molecule has 2 N–H and O–H groups in total. The lowest BCUT2D eigenvalue weighted by molar-refractivity contribution is -0.116. The molecular weight excluding hydrogens is 342 g/mol. The maximum Gasteiger partial charge on any atom is 0.241 e. The topological polar surface area (TPSA) is 101 Å². The van der Waals surface area contributed by atoms with Crippen LogP contribution in [0.3, 0.4) is 0 Å². The number of hydrogen-bond acceptors (Lipinski definition) is 5. The first kappa shape index (κ1) is 15.8. The van der Waals surface area contributed by atoms with Crippen LogP contribution in [0.1, 0.15) is 24.3 Å². The first-order chi connectivity index (χ1) is 12.0. The summed E-state index contributed by atoms with van der Waals surface area (Å²) in [6.07, 6.45) is 0. The highest BCUT2D eigenvalue weighted by molar-refractivity contribution is 7.89. The molecule has 0 bridgehead atoms. The third-order valence-electron chi connectivity index (χ3n) is 4.06. The minimum absolute atomic E-state index is 0.103. The van der Waals surface area contributed by atoms with Gasteiger partial charge in [-0.2, -0.15) is 0 Å². The van der Waals surface area contributed by atoms with Gasteiger partial charge in [-0.3, -0.25) is 4.79 Å². The number of nitrogens with zero attached hydrogens (tertiary/aromatic N) is 1. The summed E-state index contributed by atoms with van der Waals surface area (Å²) in [6, 6.07) is 11.8. The Morgan fingerprint density at radius 2 is 2.04 bits per heavy atom. The molecule has 0 aliphatic carbocycles. The van der Waals surface area contributed by atoms with Crippen LogP contribution in [0.2, 0.25) is 0 Å². The van der Waals surface area contributed by atoms with Gasteiger partial charge in [-0.15, -0.1) is 0 Å². The zero-order valence-electron chi connectivity index (χ0n) is 13.3. The van der Waals surface area contributed by atoms with E-state index in [-0.39, 0.29) is 23.2 Å². The van der Waals surface area contributed by atoms with Gasteiger partial charge in [0, 0.05) is 12.2 Å². The van der Waals surface area contributed by atoms with Crippen molar-refractivity contribution in [1.82, 2.24) is 9.71 Å². The van der Waals surface area contributed by atoms with Gasteiger partial charge in [0.1, 0.15) is 11.4 Å². The predicted octanol–water partition coefficient (Wildman–Crippen LogP) is 2.21. The number of anilines is 1. The summed E-state index contributed by atoms with van der Waals surface area (Å²) in [5.41, 5.74) is 2.33. The van der Waals surface area contributed by atoms with E-state index < -0.39 is 15.9 Å². The van der Waals surface area contributed by atoms with Gasteiger partial charge < -0.3 is 9.73 Å². The van der Waals surface area contributed by atoms with Gasteiger partial charge >= 0.3 is 0 Å². The van der Waals surface area contributed by atoms with Crippen LogP contribution < -0.4 is 10.0 Å². The molecule has 0 radical (unpaired) electrons. The normalized spacial score (nSPS) is 16.8. The molecule has 8 heteroatoms. The second-order valence-corrected chi connectivity index (χ2v) is 7.46. The van der Waals surface area contributed by atoms with Gasteiger partial charge in [-0.05, 0) is 35.9 Å². The van der Waals surface area contributed by atoms with Gasteiger partial charge in [0.2, 0.25) is 21.8 Å². The third kappa shape index (κ3) is 2.59. The third-order valence-corrected chi connectivity index (χ3v) is 5.60. The van der Waals surface area contributed by atoms with Crippen molar-refractivity contribution in [2.45, 2.75) is 17.7 Å². The zero-order valence-corrected chi connectivity index (χ0v) is 14.1. The maximum atomic E-state index is 12.4. The molecule has 0 saturated carbocycles. The summed E-state index contributed by atoms with van der Waals surface area (Å²) in [4.78, 5) is 16.9.